The molecule has 0 spiro atoms. The first kappa shape index (κ1) is 10.9. The number of benzene rings is 1. The third kappa shape index (κ3) is 1.44. The predicted octanol–water partition coefficient (Wildman–Crippen LogP) is 0.664. The molecule has 8 heteroatoms. The minimum Gasteiger partial charge on any atom is -0.336 e. The Bertz CT molecular complexity index is 961. The molecule has 4 aromatic rings. The summed E-state index contributed by atoms with van der Waals surface area (Å²) in [6.45, 7) is 1.75. The van der Waals surface area contributed by atoms with Gasteiger partial charge < -0.3 is 4.98 Å². The van der Waals surface area contributed by atoms with Gasteiger partial charge in [-0.15, -0.1) is 10.2 Å². The van der Waals surface area contributed by atoms with Crippen molar-refractivity contribution in [2.24, 2.45) is 0 Å². The molecule has 0 fully saturated rings. The number of rotatable bonds is 1. The summed E-state index contributed by atoms with van der Waals surface area (Å²) in [5.41, 5.74) is 1.43. The molecule has 0 aliphatic carbocycles. The third-order valence-corrected chi connectivity index (χ3v) is 3.00. The van der Waals surface area contributed by atoms with E-state index in [1.807, 2.05) is 24.3 Å². The average Bonchev–Trinajstić information content (AvgIpc) is 3.02. The van der Waals surface area contributed by atoms with Gasteiger partial charge in [0, 0.05) is 0 Å². The minimum absolute atomic E-state index is 0.155. The van der Waals surface area contributed by atoms with Crippen LogP contribution in [-0.4, -0.2) is 34.8 Å². The zero-order chi connectivity index (χ0) is 13.7. The molecule has 98 valence electrons. The first-order valence-corrected chi connectivity index (χ1v) is 5.99. The first-order chi connectivity index (χ1) is 9.72. The fourth-order valence-corrected chi connectivity index (χ4v) is 2.10. The minimum atomic E-state index is -0.338. The standard InChI is InChI=1S/C12H9N7O/c1-6-13-12-17-16-9(11(20)19(12)18-6)10-14-7-4-2-3-5-8(7)15-10/h2-5H,1H3,(H,14,15)(H,13,17,18). The number of aryl methyl sites for hydroxylation is 1. The Morgan fingerprint density at radius 1 is 1.15 bits per heavy atom. The summed E-state index contributed by atoms with van der Waals surface area (Å²) >= 11 is 0. The van der Waals surface area contributed by atoms with Gasteiger partial charge in [0.05, 0.1) is 11.0 Å². The molecule has 8 nitrogen and oxygen atoms in total. The number of hydrogen-bond donors (Lipinski definition) is 2. The molecular weight excluding hydrogens is 258 g/mol. The highest BCUT2D eigenvalue weighted by molar-refractivity contribution is 5.78. The fraction of sp³-hybridized carbons (Fsp3) is 0.0833. The average molecular weight is 267 g/mol. The van der Waals surface area contributed by atoms with E-state index in [4.69, 9.17) is 0 Å². The lowest BCUT2D eigenvalue weighted by Crippen LogP contribution is -2.19. The molecule has 3 aromatic heterocycles. The maximum atomic E-state index is 12.3. The number of imidazole rings is 1. The van der Waals surface area contributed by atoms with E-state index in [2.05, 4.69) is 30.2 Å². The van der Waals surface area contributed by atoms with E-state index in [0.717, 1.165) is 11.0 Å². The van der Waals surface area contributed by atoms with Crippen LogP contribution < -0.4 is 5.56 Å². The van der Waals surface area contributed by atoms with E-state index >= 15 is 0 Å². The Morgan fingerprint density at radius 2 is 2.00 bits per heavy atom. The molecular formula is C12H9N7O. The summed E-state index contributed by atoms with van der Waals surface area (Å²) in [5, 5.41) is 10.7. The quantitative estimate of drug-likeness (QED) is 0.527. The number of aromatic nitrogens is 7. The highest BCUT2D eigenvalue weighted by Crippen LogP contribution is 2.15. The number of H-pyrrole nitrogens is 2. The molecule has 4 rings (SSSR count). The Hall–Kier alpha value is -3.03. The molecule has 0 bridgehead atoms. The summed E-state index contributed by atoms with van der Waals surface area (Å²) in [6, 6.07) is 7.52. The lowest BCUT2D eigenvalue weighted by Gasteiger charge is -1.94. The highest BCUT2D eigenvalue weighted by atomic mass is 16.1. The van der Waals surface area contributed by atoms with Gasteiger partial charge in [-0.25, -0.2) is 4.98 Å². The van der Waals surface area contributed by atoms with Crippen molar-refractivity contribution in [3.8, 4) is 11.5 Å². The molecule has 0 radical (unpaired) electrons. The molecule has 3 heterocycles. The van der Waals surface area contributed by atoms with Crippen LogP contribution in [-0.2, 0) is 0 Å². The summed E-state index contributed by atoms with van der Waals surface area (Å²) in [6.07, 6.45) is 0. The van der Waals surface area contributed by atoms with Crippen LogP contribution in [0.1, 0.15) is 5.82 Å². The number of nitrogens with zero attached hydrogens (tertiary/aromatic N) is 5. The van der Waals surface area contributed by atoms with Crippen LogP contribution in [0.2, 0.25) is 0 Å². The second-order valence-electron chi connectivity index (χ2n) is 4.40. The zero-order valence-corrected chi connectivity index (χ0v) is 10.5. The number of fused-ring (bicyclic) bond motifs is 2. The fourth-order valence-electron chi connectivity index (χ4n) is 2.10. The largest absolute Gasteiger partial charge is 0.336 e. The summed E-state index contributed by atoms with van der Waals surface area (Å²) in [7, 11) is 0. The Labute approximate surface area is 111 Å². The van der Waals surface area contributed by atoms with Crippen molar-refractivity contribution >= 4 is 16.8 Å². The van der Waals surface area contributed by atoms with E-state index in [-0.39, 0.29) is 17.0 Å². The summed E-state index contributed by atoms with van der Waals surface area (Å²) < 4.78 is 1.25. The van der Waals surface area contributed by atoms with E-state index < -0.39 is 0 Å². The van der Waals surface area contributed by atoms with Crippen molar-refractivity contribution in [3.05, 3.63) is 40.4 Å². The maximum absolute atomic E-state index is 12.3. The molecule has 0 aliphatic rings. The van der Waals surface area contributed by atoms with E-state index in [1.54, 1.807) is 6.92 Å². The van der Waals surface area contributed by atoms with Crippen LogP contribution in [0.25, 0.3) is 28.3 Å². The third-order valence-electron chi connectivity index (χ3n) is 3.00. The lowest BCUT2D eigenvalue weighted by atomic mass is 10.3. The monoisotopic (exact) mass is 267 g/mol. The van der Waals surface area contributed by atoms with Gasteiger partial charge >= 0.3 is 5.56 Å². The van der Waals surface area contributed by atoms with E-state index in [9.17, 15) is 4.79 Å². The zero-order valence-electron chi connectivity index (χ0n) is 10.5. The van der Waals surface area contributed by atoms with Crippen molar-refractivity contribution in [1.29, 1.82) is 0 Å². The number of hydrogen-bond acceptors (Lipinski definition) is 5. The van der Waals surface area contributed by atoms with Gasteiger partial charge in [0.15, 0.2) is 11.5 Å². The number of para-hydroxylation sites is 2. The van der Waals surface area contributed by atoms with Gasteiger partial charge in [-0.05, 0) is 19.1 Å². The highest BCUT2D eigenvalue weighted by Gasteiger charge is 2.15. The Kier molecular flexibility index (Phi) is 2.02. The van der Waals surface area contributed by atoms with Crippen LogP contribution in [0.15, 0.2) is 29.1 Å². The van der Waals surface area contributed by atoms with E-state index in [1.165, 1.54) is 4.52 Å². The summed E-state index contributed by atoms with van der Waals surface area (Å²) in [4.78, 5) is 23.8. The van der Waals surface area contributed by atoms with Gasteiger partial charge in [-0.3, -0.25) is 9.89 Å². The predicted molar refractivity (Wildman–Crippen MR) is 71.2 cm³/mol. The molecule has 20 heavy (non-hydrogen) atoms. The topological polar surface area (TPSA) is 105 Å². The Balaban J connectivity index is 2.01. The number of nitrogens with one attached hydrogen (secondary N) is 2. The Morgan fingerprint density at radius 3 is 2.85 bits per heavy atom. The van der Waals surface area contributed by atoms with Gasteiger partial charge in [0.2, 0.25) is 0 Å². The van der Waals surface area contributed by atoms with Crippen LogP contribution in [0.4, 0.5) is 0 Å². The van der Waals surface area contributed by atoms with Crippen molar-refractivity contribution in [3.63, 3.8) is 0 Å². The smallest absolute Gasteiger partial charge is 0.304 e. The second kappa shape index (κ2) is 3.73. The van der Waals surface area contributed by atoms with Gasteiger partial charge in [0.25, 0.3) is 5.78 Å². The second-order valence-corrected chi connectivity index (χ2v) is 4.40. The van der Waals surface area contributed by atoms with E-state index in [0.29, 0.717) is 11.6 Å². The normalized spacial score (nSPS) is 11.4. The van der Waals surface area contributed by atoms with Gasteiger partial charge in [0.1, 0.15) is 5.82 Å². The molecule has 0 amide bonds. The lowest BCUT2D eigenvalue weighted by molar-refractivity contribution is 0.842. The number of aromatic amines is 2. The first-order valence-electron chi connectivity index (χ1n) is 5.99. The SMILES string of the molecule is Cc1nc2nnc(-c3nc4ccccc4[nH]3)c(=O)n2[nH]1. The molecule has 0 saturated carbocycles. The van der Waals surface area contributed by atoms with Gasteiger partial charge in [-0.1, -0.05) is 12.1 Å². The van der Waals surface area contributed by atoms with Crippen LogP contribution in [0.5, 0.6) is 0 Å². The molecule has 0 aliphatic heterocycles. The van der Waals surface area contributed by atoms with Crippen LogP contribution in [0.3, 0.4) is 0 Å². The van der Waals surface area contributed by atoms with Crippen molar-refractivity contribution in [2.75, 3.05) is 0 Å². The molecule has 2 N–H and O–H groups in total. The van der Waals surface area contributed by atoms with Crippen molar-refractivity contribution < 1.29 is 0 Å². The van der Waals surface area contributed by atoms with Crippen molar-refractivity contribution in [2.45, 2.75) is 6.92 Å². The van der Waals surface area contributed by atoms with Gasteiger partial charge in [-0.2, -0.15) is 9.50 Å². The van der Waals surface area contributed by atoms with Crippen LogP contribution in [0, 0.1) is 6.92 Å². The molecule has 0 atom stereocenters. The summed E-state index contributed by atoms with van der Waals surface area (Å²) in [5.74, 6) is 1.23. The van der Waals surface area contributed by atoms with Crippen LogP contribution >= 0.6 is 0 Å². The maximum Gasteiger partial charge on any atom is 0.304 e. The molecule has 0 saturated heterocycles. The van der Waals surface area contributed by atoms with Crippen molar-refractivity contribution in [1.82, 2.24) is 34.8 Å². The molecule has 0 unspecified atom stereocenters. The molecule has 1 aromatic carbocycles.